The molecule has 17 heavy (non-hydrogen) atoms. The highest BCUT2D eigenvalue weighted by Gasteiger charge is 2.33. The fourth-order valence-electron chi connectivity index (χ4n) is 2.29. The van der Waals surface area contributed by atoms with Crippen LogP contribution in [0.15, 0.2) is 0 Å². The molecule has 1 aliphatic rings. The van der Waals surface area contributed by atoms with Gasteiger partial charge in [-0.1, -0.05) is 13.8 Å². The van der Waals surface area contributed by atoms with Crippen molar-refractivity contribution in [1.82, 2.24) is 10.2 Å². The zero-order valence-electron chi connectivity index (χ0n) is 11.5. The second kappa shape index (κ2) is 6.36. The van der Waals surface area contributed by atoms with Crippen LogP contribution in [0.4, 0.5) is 0 Å². The van der Waals surface area contributed by atoms with E-state index in [2.05, 4.69) is 24.1 Å². The third-order valence-electron chi connectivity index (χ3n) is 3.73. The molecule has 100 valence electrons. The average molecular weight is 241 g/mol. The van der Waals surface area contributed by atoms with E-state index < -0.39 is 5.54 Å². The number of piperidine rings is 1. The van der Waals surface area contributed by atoms with Gasteiger partial charge in [0.1, 0.15) is 5.54 Å². The van der Waals surface area contributed by atoms with Crippen molar-refractivity contribution in [3.8, 4) is 0 Å². The monoisotopic (exact) mass is 241 g/mol. The van der Waals surface area contributed by atoms with Gasteiger partial charge >= 0.3 is 0 Å². The van der Waals surface area contributed by atoms with Gasteiger partial charge in [-0.2, -0.15) is 0 Å². The number of carbonyl (C=O) groups is 1. The fraction of sp³-hybridized carbons (Fsp3) is 0.923. The van der Waals surface area contributed by atoms with Gasteiger partial charge in [-0.25, -0.2) is 0 Å². The SMILES string of the molecule is CCCNC(C)(CN1CCC(C)CC1)C(N)=O. The number of carbonyl (C=O) groups excluding carboxylic acids is 1. The lowest BCUT2D eigenvalue weighted by Crippen LogP contribution is -2.60. The van der Waals surface area contributed by atoms with E-state index >= 15 is 0 Å². The lowest BCUT2D eigenvalue weighted by Gasteiger charge is -2.37. The Labute approximate surface area is 105 Å². The van der Waals surface area contributed by atoms with Crippen LogP contribution in [0.3, 0.4) is 0 Å². The predicted octanol–water partition coefficient (Wildman–Crippen LogP) is 0.962. The van der Waals surface area contributed by atoms with Gasteiger partial charge < -0.3 is 16.0 Å². The van der Waals surface area contributed by atoms with Crippen LogP contribution in [-0.2, 0) is 4.79 Å². The van der Waals surface area contributed by atoms with Crippen LogP contribution in [0.25, 0.3) is 0 Å². The zero-order chi connectivity index (χ0) is 12.9. The Kier molecular flexibility index (Phi) is 5.40. The molecule has 0 spiro atoms. The largest absolute Gasteiger partial charge is 0.368 e. The first kappa shape index (κ1) is 14.5. The van der Waals surface area contributed by atoms with Crippen LogP contribution in [-0.4, -0.2) is 42.5 Å². The predicted molar refractivity (Wildman–Crippen MR) is 70.7 cm³/mol. The zero-order valence-corrected chi connectivity index (χ0v) is 11.5. The molecule has 1 aliphatic heterocycles. The van der Waals surface area contributed by atoms with Crippen molar-refractivity contribution < 1.29 is 4.79 Å². The van der Waals surface area contributed by atoms with Gasteiger partial charge in [0, 0.05) is 6.54 Å². The number of likely N-dealkylation sites (tertiary alicyclic amines) is 1. The molecule has 0 saturated carbocycles. The molecule has 1 unspecified atom stereocenters. The van der Waals surface area contributed by atoms with Crippen LogP contribution >= 0.6 is 0 Å². The van der Waals surface area contributed by atoms with Gasteiger partial charge in [0.2, 0.25) is 5.91 Å². The summed E-state index contributed by atoms with van der Waals surface area (Å²) in [4.78, 5) is 14.0. The molecule has 0 bridgehead atoms. The standard InChI is InChI=1S/C13H27N3O/c1-4-7-15-13(3,12(14)17)10-16-8-5-11(2)6-9-16/h11,15H,4-10H2,1-3H3,(H2,14,17). The second-order valence-corrected chi connectivity index (χ2v) is 5.58. The number of rotatable bonds is 6. The Morgan fingerprint density at radius 2 is 2.06 bits per heavy atom. The quantitative estimate of drug-likeness (QED) is 0.728. The molecule has 1 atom stereocenters. The lowest BCUT2D eigenvalue weighted by molar-refractivity contribution is -0.124. The van der Waals surface area contributed by atoms with Gasteiger partial charge in [-0.05, 0) is 51.7 Å². The molecule has 0 aromatic rings. The van der Waals surface area contributed by atoms with Gasteiger partial charge in [0.05, 0.1) is 0 Å². The number of nitrogens with one attached hydrogen (secondary N) is 1. The van der Waals surface area contributed by atoms with E-state index in [9.17, 15) is 4.79 Å². The summed E-state index contributed by atoms with van der Waals surface area (Å²) in [5, 5.41) is 3.29. The fourth-order valence-corrected chi connectivity index (χ4v) is 2.29. The van der Waals surface area contributed by atoms with Gasteiger partial charge in [-0.3, -0.25) is 4.79 Å². The molecular formula is C13H27N3O. The first-order chi connectivity index (χ1) is 7.98. The summed E-state index contributed by atoms with van der Waals surface area (Å²) >= 11 is 0. The summed E-state index contributed by atoms with van der Waals surface area (Å²) in [5.74, 6) is 0.569. The third kappa shape index (κ3) is 4.28. The van der Waals surface area contributed by atoms with Crippen molar-refractivity contribution in [3.05, 3.63) is 0 Å². The molecule has 1 fully saturated rings. The number of nitrogens with zero attached hydrogens (tertiary/aromatic N) is 1. The van der Waals surface area contributed by atoms with Crippen LogP contribution in [0.5, 0.6) is 0 Å². The maximum atomic E-state index is 11.6. The van der Waals surface area contributed by atoms with Crippen LogP contribution in [0.2, 0.25) is 0 Å². The van der Waals surface area contributed by atoms with E-state index in [1.807, 2.05) is 6.92 Å². The van der Waals surface area contributed by atoms with Gasteiger partial charge in [-0.15, -0.1) is 0 Å². The van der Waals surface area contributed by atoms with Crippen molar-refractivity contribution >= 4 is 5.91 Å². The molecule has 3 N–H and O–H groups in total. The summed E-state index contributed by atoms with van der Waals surface area (Å²) in [6, 6.07) is 0. The Morgan fingerprint density at radius 3 is 2.53 bits per heavy atom. The van der Waals surface area contributed by atoms with Crippen molar-refractivity contribution in [2.24, 2.45) is 11.7 Å². The maximum Gasteiger partial charge on any atom is 0.238 e. The normalized spacial score (nSPS) is 22.3. The summed E-state index contributed by atoms with van der Waals surface area (Å²) < 4.78 is 0. The first-order valence-corrected chi connectivity index (χ1v) is 6.75. The van der Waals surface area contributed by atoms with Gasteiger partial charge in [0.15, 0.2) is 0 Å². The molecule has 1 heterocycles. The summed E-state index contributed by atoms with van der Waals surface area (Å²) in [6.45, 7) is 10.0. The molecule has 0 aromatic carbocycles. The van der Waals surface area contributed by atoms with Crippen LogP contribution in [0.1, 0.15) is 40.0 Å². The topological polar surface area (TPSA) is 58.4 Å². The Balaban J connectivity index is 2.51. The molecular weight excluding hydrogens is 214 g/mol. The minimum Gasteiger partial charge on any atom is -0.368 e. The summed E-state index contributed by atoms with van der Waals surface area (Å²) in [7, 11) is 0. The van der Waals surface area contributed by atoms with Crippen molar-refractivity contribution in [1.29, 1.82) is 0 Å². The second-order valence-electron chi connectivity index (χ2n) is 5.58. The summed E-state index contributed by atoms with van der Waals surface area (Å²) in [6.07, 6.45) is 3.46. The van der Waals surface area contributed by atoms with E-state index in [1.165, 1.54) is 12.8 Å². The summed E-state index contributed by atoms with van der Waals surface area (Å²) in [5.41, 5.74) is 4.94. The van der Waals surface area contributed by atoms with Crippen LogP contribution < -0.4 is 11.1 Å². The van der Waals surface area contributed by atoms with Crippen molar-refractivity contribution in [3.63, 3.8) is 0 Å². The van der Waals surface area contributed by atoms with E-state index in [0.29, 0.717) is 0 Å². The number of amides is 1. The molecule has 1 rings (SSSR count). The minimum absolute atomic E-state index is 0.246. The third-order valence-corrected chi connectivity index (χ3v) is 3.73. The highest BCUT2D eigenvalue weighted by atomic mass is 16.1. The molecule has 1 amide bonds. The van der Waals surface area contributed by atoms with Gasteiger partial charge in [0.25, 0.3) is 0 Å². The lowest BCUT2D eigenvalue weighted by atomic mass is 9.95. The Morgan fingerprint density at radius 1 is 1.47 bits per heavy atom. The Bertz CT molecular complexity index is 249. The van der Waals surface area contributed by atoms with Crippen molar-refractivity contribution in [2.75, 3.05) is 26.2 Å². The highest BCUT2D eigenvalue weighted by molar-refractivity contribution is 5.84. The number of nitrogens with two attached hydrogens (primary N) is 1. The van der Waals surface area contributed by atoms with E-state index in [1.54, 1.807) is 0 Å². The highest BCUT2D eigenvalue weighted by Crippen LogP contribution is 2.18. The minimum atomic E-state index is -0.587. The molecule has 0 radical (unpaired) electrons. The van der Waals surface area contributed by atoms with E-state index in [0.717, 1.165) is 38.5 Å². The van der Waals surface area contributed by atoms with E-state index in [4.69, 9.17) is 5.73 Å². The molecule has 4 nitrogen and oxygen atoms in total. The number of primary amides is 1. The Hall–Kier alpha value is -0.610. The molecule has 0 aliphatic carbocycles. The number of hydrogen-bond acceptors (Lipinski definition) is 3. The average Bonchev–Trinajstić information content (AvgIpc) is 2.29. The smallest absolute Gasteiger partial charge is 0.238 e. The maximum absolute atomic E-state index is 11.6. The first-order valence-electron chi connectivity index (χ1n) is 6.75. The molecule has 4 heteroatoms. The molecule has 1 saturated heterocycles. The van der Waals surface area contributed by atoms with Crippen molar-refractivity contribution in [2.45, 2.75) is 45.6 Å². The van der Waals surface area contributed by atoms with E-state index in [-0.39, 0.29) is 5.91 Å². The van der Waals surface area contributed by atoms with Crippen LogP contribution in [0, 0.1) is 5.92 Å². The number of hydrogen-bond donors (Lipinski definition) is 2. The molecule has 0 aromatic heterocycles.